The standard InChI is InChI=1S/C18H23NO3/c1-2-4-17-15(3-1)9-14(12-21-17)11-19-16-5-7-22-18(10-16)6-8-20-13-18/h1-4,9,16,19H,5-8,10-13H2/t16-,18-/m1/s1. The van der Waals surface area contributed by atoms with E-state index in [1.54, 1.807) is 0 Å². The molecule has 118 valence electrons. The first-order valence-electron chi connectivity index (χ1n) is 8.19. The molecule has 2 atom stereocenters. The molecule has 1 N–H and O–H groups in total. The van der Waals surface area contributed by atoms with Crippen molar-refractivity contribution in [1.82, 2.24) is 5.32 Å². The quantitative estimate of drug-likeness (QED) is 0.930. The summed E-state index contributed by atoms with van der Waals surface area (Å²) >= 11 is 0. The van der Waals surface area contributed by atoms with E-state index in [4.69, 9.17) is 14.2 Å². The van der Waals surface area contributed by atoms with E-state index >= 15 is 0 Å². The van der Waals surface area contributed by atoms with Gasteiger partial charge in [0, 0.05) is 37.8 Å². The summed E-state index contributed by atoms with van der Waals surface area (Å²) < 4.78 is 17.3. The Bertz CT molecular complexity index is 563. The van der Waals surface area contributed by atoms with Crippen molar-refractivity contribution in [3.63, 3.8) is 0 Å². The van der Waals surface area contributed by atoms with Gasteiger partial charge >= 0.3 is 0 Å². The smallest absolute Gasteiger partial charge is 0.127 e. The summed E-state index contributed by atoms with van der Waals surface area (Å²) in [5.74, 6) is 0.986. The molecule has 0 aromatic heterocycles. The number of ether oxygens (including phenoxy) is 3. The monoisotopic (exact) mass is 301 g/mol. The Hall–Kier alpha value is -1.36. The number of nitrogens with one attached hydrogen (secondary N) is 1. The van der Waals surface area contributed by atoms with Crippen LogP contribution in [0.2, 0.25) is 0 Å². The molecule has 0 aliphatic carbocycles. The van der Waals surface area contributed by atoms with E-state index in [1.807, 2.05) is 12.1 Å². The van der Waals surface area contributed by atoms with Gasteiger partial charge in [-0.25, -0.2) is 0 Å². The molecule has 0 amide bonds. The molecular formula is C18H23NO3. The van der Waals surface area contributed by atoms with Crippen LogP contribution < -0.4 is 10.1 Å². The van der Waals surface area contributed by atoms with Crippen LogP contribution in [0.5, 0.6) is 5.75 Å². The van der Waals surface area contributed by atoms with E-state index in [0.29, 0.717) is 12.6 Å². The second kappa shape index (κ2) is 6.03. The second-order valence-electron chi connectivity index (χ2n) is 6.53. The highest BCUT2D eigenvalue weighted by Gasteiger charge is 2.40. The van der Waals surface area contributed by atoms with Crippen LogP contribution in [0.1, 0.15) is 24.8 Å². The normalized spacial score (nSPS) is 30.7. The summed E-state index contributed by atoms with van der Waals surface area (Å²) in [5.41, 5.74) is 2.46. The van der Waals surface area contributed by atoms with Crippen molar-refractivity contribution in [2.75, 3.05) is 33.0 Å². The molecule has 3 heterocycles. The van der Waals surface area contributed by atoms with E-state index in [1.165, 1.54) is 11.1 Å². The predicted molar refractivity (Wildman–Crippen MR) is 85.1 cm³/mol. The third-order valence-electron chi connectivity index (χ3n) is 4.87. The van der Waals surface area contributed by atoms with Crippen molar-refractivity contribution < 1.29 is 14.2 Å². The van der Waals surface area contributed by atoms with Gasteiger partial charge in [-0.05, 0) is 30.6 Å². The summed E-state index contributed by atoms with van der Waals surface area (Å²) in [5, 5.41) is 3.69. The summed E-state index contributed by atoms with van der Waals surface area (Å²) in [7, 11) is 0. The van der Waals surface area contributed by atoms with Crippen LogP contribution in [0.25, 0.3) is 6.08 Å². The van der Waals surface area contributed by atoms with Crippen molar-refractivity contribution in [2.24, 2.45) is 0 Å². The third-order valence-corrected chi connectivity index (χ3v) is 4.87. The zero-order valence-electron chi connectivity index (χ0n) is 12.8. The van der Waals surface area contributed by atoms with Crippen LogP contribution in [-0.4, -0.2) is 44.6 Å². The Kier molecular flexibility index (Phi) is 3.90. The van der Waals surface area contributed by atoms with E-state index in [0.717, 1.165) is 51.4 Å². The van der Waals surface area contributed by atoms with Crippen LogP contribution >= 0.6 is 0 Å². The fraction of sp³-hybridized carbons (Fsp3) is 0.556. The van der Waals surface area contributed by atoms with Crippen LogP contribution in [0.3, 0.4) is 0 Å². The molecule has 2 fully saturated rings. The minimum absolute atomic E-state index is 0.0278. The molecule has 1 spiro atoms. The first kappa shape index (κ1) is 14.2. The lowest BCUT2D eigenvalue weighted by Crippen LogP contribution is -2.48. The van der Waals surface area contributed by atoms with Gasteiger partial charge in [0.25, 0.3) is 0 Å². The molecule has 4 nitrogen and oxygen atoms in total. The fourth-order valence-electron chi connectivity index (χ4n) is 3.61. The topological polar surface area (TPSA) is 39.7 Å². The van der Waals surface area contributed by atoms with Gasteiger partial charge in [-0.1, -0.05) is 18.2 Å². The Labute approximate surface area is 131 Å². The molecule has 3 aliphatic heterocycles. The van der Waals surface area contributed by atoms with Gasteiger partial charge in [0.05, 0.1) is 12.2 Å². The Morgan fingerprint density at radius 3 is 3.09 bits per heavy atom. The van der Waals surface area contributed by atoms with Crippen molar-refractivity contribution in [3.8, 4) is 5.75 Å². The Morgan fingerprint density at radius 1 is 1.23 bits per heavy atom. The first-order chi connectivity index (χ1) is 10.8. The summed E-state index contributed by atoms with van der Waals surface area (Å²) in [6.45, 7) is 3.99. The molecule has 2 saturated heterocycles. The highest BCUT2D eigenvalue weighted by atomic mass is 16.6. The number of para-hydroxylation sites is 1. The maximum absolute atomic E-state index is 5.99. The molecule has 1 aromatic carbocycles. The number of hydrogen-bond acceptors (Lipinski definition) is 4. The lowest BCUT2D eigenvalue weighted by atomic mass is 9.89. The van der Waals surface area contributed by atoms with Gasteiger partial charge < -0.3 is 19.5 Å². The van der Waals surface area contributed by atoms with Crippen molar-refractivity contribution in [1.29, 1.82) is 0 Å². The first-order valence-corrected chi connectivity index (χ1v) is 8.19. The highest BCUT2D eigenvalue weighted by molar-refractivity contribution is 5.62. The summed E-state index contributed by atoms with van der Waals surface area (Å²) in [6, 6.07) is 8.71. The van der Waals surface area contributed by atoms with Crippen LogP contribution in [0, 0.1) is 0 Å². The van der Waals surface area contributed by atoms with E-state index in [9.17, 15) is 0 Å². The molecule has 0 radical (unpaired) electrons. The van der Waals surface area contributed by atoms with Gasteiger partial charge in [0.2, 0.25) is 0 Å². The van der Waals surface area contributed by atoms with Gasteiger partial charge in [-0.2, -0.15) is 0 Å². The lowest BCUT2D eigenvalue weighted by molar-refractivity contribution is -0.0890. The largest absolute Gasteiger partial charge is 0.489 e. The zero-order chi connectivity index (χ0) is 14.8. The van der Waals surface area contributed by atoms with Gasteiger partial charge in [-0.15, -0.1) is 0 Å². The van der Waals surface area contributed by atoms with Crippen molar-refractivity contribution in [3.05, 3.63) is 35.4 Å². The average molecular weight is 301 g/mol. The fourth-order valence-corrected chi connectivity index (χ4v) is 3.61. The average Bonchev–Trinajstić information content (AvgIpc) is 3.00. The lowest BCUT2D eigenvalue weighted by Gasteiger charge is -2.37. The summed E-state index contributed by atoms with van der Waals surface area (Å²) in [4.78, 5) is 0. The predicted octanol–water partition coefficient (Wildman–Crippen LogP) is 2.39. The van der Waals surface area contributed by atoms with E-state index < -0.39 is 0 Å². The molecule has 22 heavy (non-hydrogen) atoms. The zero-order valence-corrected chi connectivity index (χ0v) is 12.8. The van der Waals surface area contributed by atoms with E-state index in [-0.39, 0.29) is 5.60 Å². The van der Waals surface area contributed by atoms with Crippen LogP contribution in [0.15, 0.2) is 29.8 Å². The van der Waals surface area contributed by atoms with Crippen LogP contribution in [0.4, 0.5) is 0 Å². The molecule has 1 aromatic rings. The minimum Gasteiger partial charge on any atom is -0.489 e. The maximum atomic E-state index is 5.99. The minimum atomic E-state index is -0.0278. The number of hydrogen-bond donors (Lipinski definition) is 1. The van der Waals surface area contributed by atoms with Gasteiger partial charge in [0.15, 0.2) is 0 Å². The highest BCUT2D eigenvalue weighted by Crippen LogP contribution is 2.33. The third kappa shape index (κ3) is 2.91. The van der Waals surface area contributed by atoms with Gasteiger partial charge in [0.1, 0.15) is 12.4 Å². The Balaban J connectivity index is 1.36. The second-order valence-corrected chi connectivity index (χ2v) is 6.53. The molecular weight excluding hydrogens is 278 g/mol. The number of benzene rings is 1. The Morgan fingerprint density at radius 2 is 2.18 bits per heavy atom. The van der Waals surface area contributed by atoms with Gasteiger partial charge in [-0.3, -0.25) is 0 Å². The molecule has 3 aliphatic rings. The van der Waals surface area contributed by atoms with Crippen molar-refractivity contribution in [2.45, 2.75) is 30.9 Å². The molecule has 0 saturated carbocycles. The van der Waals surface area contributed by atoms with Crippen LogP contribution in [-0.2, 0) is 9.47 Å². The number of rotatable bonds is 3. The molecule has 4 heteroatoms. The summed E-state index contributed by atoms with van der Waals surface area (Å²) in [6.07, 6.45) is 5.41. The SMILES string of the molecule is C1=C(CN[C@@H]2CCO[C@]3(CCOC3)C2)COc2ccccc21. The molecule has 0 unspecified atom stereocenters. The van der Waals surface area contributed by atoms with E-state index in [2.05, 4.69) is 23.5 Å². The number of fused-ring (bicyclic) bond motifs is 1. The van der Waals surface area contributed by atoms with Crippen molar-refractivity contribution >= 4 is 6.08 Å². The molecule has 0 bridgehead atoms. The molecule has 4 rings (SSSR count). The maximum Gasteiger partial charge on any atom is 0.127 e.